The van der Waals surface area contributed by atoms with E-state index in [1.165, 1.54) is 6.07 Å². The molecule has 0 aromatic heterocycles. The average molecular weight is 288 g/mol. The topological polar surface area (TPSA) is 53.1 Å². The Bertz CT molecular complexity index is 381. The van der Waals surface area contributed by atoms with Crippen molar-refractivity contribution in [2.45, 2.75) is 13.0 Å². The third-order valence-electron chi connectivity index (χ3n) is 2.22. The van der Waals surface area contributed by atoms with Gasteiger partial charge in [0.2, 0.25) is 0 Å². The van der Waals surface area contributed by atoms with E-state index in [2.05, 4.69) is 15.9 Å². The first-order valence-corrected chi connectivity index (χ1v) is 5.73. The van der Waals surface area contributed by atoms with Crippen molar-refractivity contribution in [2.24, 2.45) is 5.73 Å². The van der Waals surface area contributed by atoms with Crippen molar-refractivity contribution in [1.82, 2.24) is 4.90 Å². The van der Waals surface area contributed by atoms with Crippen LogP contribution >= 0.6 is 15.9 Å². The molecule has 0 heterocycles. The zero-order chi connectivity index (χ0) is 12.1. The maximum atomic E-state index is 13.5. The van der Waals surface area contributed by atoms with Gasteiger partial charge in [-0.1, -0.05) is 22.0 Å². The van der Waals surface area contributed by atoms with Crippen LogP contribution in [0.15, 0.2) is 22.7 Å². The summed E-state index contributed by atoms with van der Waals surface area (Å²) < 4.78 is 14.2. The molecule has 0 aliphatic heterocycles. The quantitative estimate of drug-likeness (QED) is 0.645. The van der Waals surface area contributed by atoms with Crippen molar-refractivity contribution >= 4 is 21.8 Å². The summed E-state index contributed by atoms with van der Waals surface area (Å²) >= 11 is 3.21. The average Bonchev–Trinajstić information content (AvgIpc) is 2.19. The Hall–Kier alpha value is -0.940. The number of hydrogen-bond acceptors (Lipinski definition) is 2. The van der Waals surface area contributed by atoms with E-state index in [0.717, 1.165) is 4.47 Å². The minimum Gasteiger partial charge on any atom is -0.388 e. The van der Waals surface area contributed by atoms with Gasteiger partial charge in [0.1, 0.15) is 5.82 Å². The molecule has 0 spiro atoms. The van der Waals surface area contributed by atoms with Gasteiger partial charge in [-0.05, 0) is 19.2 Å². The Morgan fingerprint density at radius 1 is 1.56 bits per heavy atom. The predicted octanol–water partition coefficient (Wildman–Crippen LogP) is 2.35. The van der Waals surface area contributed by atoms with Crippen LogP contribution in [-0.4, -0.2) is 24.3 Å². The third-order valence-corrected chi connectivity index (χ3v) is 2.71. The first-order chi connectivity index (χ1) is 7.49. The zero-order valence-electron chi connectivity index (χ0n) is 9.13. The molecule has 0 radical (unpaired) electrons. The van der Waals surface area contributed by atoms with Gasteiger partial charge in [0.25, 0.3) is 0 Å². The Labute approximate surface area is 103 Å². The maximum Gasteiger partial charge on any atom is 0.128 e. The van der Waals surface area contributed by atoms with Crippen molar-refractivity contribution in [3.8, 4) is 0 Å². The van der Waals surface area contributed by atoms with E-state index in [9.17, 15) is 4.39 Å². The van der Waals surface area contributed by atoms with Crippen molar-refractivity contribution in [3.05, 3.63) is 34.1 Å². The van der Waals surface area contributed by atoms with Gasteiger partial charge < -0.3 is 10.6 Å². The van der Waals surface area contributed by atoms with Gasteiger partial charge in [-0.2, -0.15) is 0 Å². The molecule has 16 heavy (non-hydrogen) atoms. The number of halogens is 2. The number of nitrogens with one attached hydrogen (secondary N) is 1. The molecule has 3 nitrogen and oxygen atoms in total. The number of amidine groups is 1. The third kappa shape index (κ3) is 4.28. The molecule has 0 amide bonds. The molecule has 0 saturated heterocycles. The lowest BCUT2D eigenvalue weighted by atomic mass is 10.2. The highest BCUT2D eigenvalue weighted by Gasteiger charge is 2.06. The second-order valence-electron chi connectivity index (χ2n) is 3.75. The summed E-state index contributed by atoms with van der Waals surface area (Å²) in [6.45, 7) is 1.18. The molecular weight excluding hydrogens is 273 g/mol. The summed E-state index contributed by atoms with van der Waals surface area (Å²) in [5.41, 5.74) is 5.91. The van der Waals surface area contributed by atoms with E-state index in [1.54, 1.807) is 6.07 Å². The Morgan fingerprint density at radius 3 is 2.81 bits per heavy atom. The Morgan fingerprint density at radius 2 is 2.25 bits per heavy atom. The Balaban J connectivity index is 2.55. The fourth-order valence-corrected chi connectivity index (χ4v) is 1.66. The molecular formula is C11H15BrFN3. The van der Waals surface area contributed by atoms with Crippen LogP contribution in [-0.2, 0) is 6.54 Å². The fourth-order valence-electron chi connectivity index (χ4n) is 1.33. The number of nitrogens with two attached hydrogens (primary N) is 1. The first-order valence-electron chi connectivity index (χ1n) is 4.94. The van der Waals surface area contributed by atoms with Crippen LogP contribution in [0.1, 0.15) is 12.0 Å². The van der Waals surface area contributed by atoms with Crippen molar-refractivity contribution in [3.63, 3.8) is 0 Å². The molecule has 1 rings (SSSR count). The molecule has 0 aliphatic carbocycles. The van der Waals surface area contributed by atoms with Crippen molar-refractivity contribution in [1.29, 1.82) is 5.41 Å². The molecule has 88 valence electrons. The van der Waals surface area contributed by atoms with Gasteiger partial charge in [-0.15, -0.1) is 0 Å². The standard InChI is InChI=1S/C11H15BrFN3/c1-16(5-4-11(14)15)7-8-2-3-9(12)6-10(8)13/h2-3,6H,4-5,7H2,1H3,(H3,14,15). The highest BCUT2D eigenvalue weighted by Crippen LogP contribution is 2.16. The summed E-state index contributed by atoms with van der Waals surface area (Å²) in [7, 11) is 1.88. The van der Waals surface area contributed by atoms with Gasteiger partial charge in [0.15, 0.2) is 0 Å². The summed E-state index contributed by atoms with van der Waals surface area (Å²) in [6, 6.07) is 5.02. The number of nitrogens with zero attached hydrogens (tertiary/aromatic N) is 1. The Kier molecular flexibility index (Phi) is 4.89. The van der Waals surface area contributed by atoms with Crippen LogP contribution in [0.3, 0.4) is 0 Å². The van der Waals surface area contributed by atoms with Crippen LogP contribution in [0.2, 0.25) is 0 Å². The smallest absolute Gasteiger partial charge is 0.128 e. The monoisotopic (exact) mass is 287 g/mol. The van der Waals surface area contributed by atoms with Crippen molar-refractivity contribution in [2.75, 3.05) is 13.6 Å². The van der Waals surface area contributed by atoms with Gasteiger partial charge in [0, 0.05) is 29.5 Å². The summed E-state index contributed by atoms with van der Waals surface area (Å²) in [6.07, 6.45) is 0.509. The van der Waals surface area contributed by atoms with Crippen LogP contribution in [0, 0.1) is 11.2 Å². The molecule has 5 heteroatoms. The lowest BCUT2D eigenvalue weighted by molar-refractivity contribution is 0.330. The fraction of sp³-hybridized carbons (Fsp3) is 0.364. The molecule has 0 saturated carbocycles. The summed E-state index contributed by atoms with van der Waals surface area (Å²) in [5.74, 6) is -0.0628. The highest BCUT2D eigenvalue weighted by molar-refractivity contribution is 9.10. The number of benzene rings is 1. The molecule has 1 aromatic rings. The van der Waals surface area contributed by atoms with E-state index in [-0.39, 0.29) is 11.7 Å². The normalized spacial score (nSPS) is 10.8. The van der Waals surface area contributed by atoms with E-state index < -0.39 is 0 Å². The maximum absolute atomic E-state index is 13.5. The number of rotatable bonds is 5. The molecule has 3 N–H and O–H groups in total. The molecule has 0 aliphatic rings. The summed E-state index contributed by atoms with van der Waals surface area (Å²) in [5, 5.41) is 7.11. The van der Waals surface area contributed by atoms with Crippen LogP contribution in [0.4, 0.5) is 4.39 Å². The first kappa shape index (κ1) is 13.1. The molecule has 0 unspecified atom stereocenters. The molecule has 1 aromatic carbocycles. The van der Waals surface area contributed by atoms with E-state index in [4.69, 9.17) is 11.1 Å². The minimum absolute atomic E-state index is 0.156. The van der Waals surface area contributed by atoms with Crippen LogP contribution in [0.5, 0.6) is 0 Å². The SMILES string of the molecule is CN(CCC(=N)N)Cc1ccc(Br)cc1F. The van der Waals surface area contributed by atoms with E-state index in [1.807, 2.05) is 18.0 Å². The lowest BCUT2D eigenvalue weighted by Gasteiger charge is -2.16. The largest absolute Gasteiger partial charge is 0.388 e. The van der Waals surface area contributed by atoms with Crippen LogP contribution < -0.4 is 5.73 Å². The lowest BCUT2D eigenvalue weighted by Crippen LogP contribution is -2.24. The molecule has 0 atom stereocenters. The van der Waals surface area contributed by atoms with Crippen LogP contribution in [0.25, 0.3) is 0 Å². The molecule has 0 fully saturated rings. The summed E-state index contributed by atoms with van der Waals surface area (Å²) in [4.78, 5) is 1.94. The van der Waals surface area contributed by atoms with E-state index >= 15 is 0 Å². The van der Waals surface area contributed by atoms with Gasteiger partial charge in [-0.25, -0.2) is 4.39 Å². The highest BCUT2D eigenvalue weighted by atomic mass is 79.9. The number of hydrogen-bond donors (Lipinski definition) is 2. The van der Waals surface area contributed by atoms with E-state index in [0.29, 0.717) is 25.1 Å². The second kappa shape index (κ2) is 5.96. The van der Waals surface area contributed by atoms with Gasteiger partial charge in [0.05, 0.1) is 5.84 Å². The predicted molar refractivity (Wildman–Crippen MR) is 67.0 cm³/mol. The second-order valence-corrected chi connectivity index (χ2v) is 4.66. The van der Waals surface area contributed by atoms with Crippen molar-refractivity contribution < 1.29 is 4.39 Å². The molecule has 0 bridgehead atoms. The minimum atomic E-state index is -0.218. The van der Waals surface area contributed by atoms with Gasteiger partial charge >= 0.3 is 0 Å². The van der Waals surface area contributed by atoms with Gasteiger partial charge in [-0.3, -0.25) is 5.41 Å². The zero-order valence-corrected chi connectivity index (χ0v) is 10.7.